The molecule has 0 spiro atoms. The van der Waals surface area contributed by atoms with Crippen molar-refractivity contribution in [3.05, 3.63) is 59.7 Å². The second kappa shape index (κ2) is 9.42. The van der Waals surface area contributed by atoms with E-state index >= 15 is 0 Å². The quantitative estimate of drug-likeness (QED) is 0.731. The molecule has 31 heavy (non-hydrogen) atoms. The van der Waals surface area contributed by atoms with Crippen molar-refractivity contribution in [2.24, 2.45) is 0 Å². The van der Waals surface area contributed by atoms with Gasteiger partial charge in [-0.05, 0) is 69.3 Å². The van der Waals surface area contributed by atoms with Gasteiger partial charge in [-0.2, -0.15) is 0 Å². The molecule has 0 radical (unpaired) electrons. The SMILES string of the molecule is CC(=O)c1ccc(NC(=O)N2CCN(C(=O)Nc3ccc(C(C)=O)cc3)[C@H](C)C2)cc1. The summed E-state index contributed by atoms with van der Waals surface area (Å²) in [5, 5.41) is 5.66. The van der Waals surface area contributed by atoms with Crippen LogP contribution in [0.4, 0.5) is 21.0 Å². The second-order valence-corrected chi connectivity index (χ2v) is 7.62. The Kier molecular flexibility index (Phi) is 6.69. The molecule has 8 nitrogen and oxygen atoms in total. The van der Waals surface area contributed by atoms with Gasteiger partial charge in [-0.1, -0.05) is 0 Å². The van der Waals surface area contributed by atoms with Crippen molar-refractivity contribution in [3.63, 3.8) is 0 Å². The van der Waals surface area contributed by atoms with Crippen molar-refractivity contribution in [2.45, 2.75) is 26.8 Å². The number of hydrogen-bond donors (Lipinski definition) is 2. The van der Waals surface area contributed by atoms with E-state index in [0.717, 1.165) is 0 Å². The van der Waals surface area contributed by atoms with E-state index in [0.29, 0.717) is 42.1 Å². The Morgan fingerprint density at radius 3 is 1.61 bits per heavy atom. The molecule has 1 aliphatic rings. The van der Waals surface area contributed by atoms with E-state index in [9.17, 15) is 19.2 Å². The average molecular weight is 422 g/mol. The molecule has 1 saturated heterocycles. The summed E-state index contributed by atoms with van der Waals surface area (Å²) in [5.74, 6) is -0.0633. The van der Waals surface area contributed by atoms with Gasteiger partial charge in [0.2, 0.25) is 0 Å². The summed E-state index contributed by atoms with van der Waals surface area (Å²) in [4.78, 5) is 51.3. The van der Waals surface area contributed by atoms with E-state index in [2.05, 4.69) is 10.6 Å². The van der Waals surface area contributed by atoms with Crippen LogP contribution in [-0.4, -0.2) is 59.1 Å². The van der Waals surface area contributed by atoms with E-state index in [1.54, 1.807) is 58.3 Å². The number of nitrogens with one attached hydrogen (secondary N) is 2. The van der Waals surface area contributed by atoms with Crippen molar-refractivity contribution in [3.8, 4) is 0 Å². The van der Waals surface area contributed by atoms with E-state index in [1.165, 1.54) is 13.8 Å². The summed E-state index contributed by atoms with van der Waals surface area (Å²) in [7, 11) is 0. The molecule has 1 fully saturated rings. The van der Waals surface area contributed by atoms with Crippen LogP contribution in [0.2, 0.25) is 0 Å². The van der Waals surface area contributed by atoms with Crippen LogP contribution in [-0.2, 0) is 0 Å². The van der Waals surface area contributed by atoms with Crippen molar-refractivity contribution >= 4 is 35.0 Å². The van der Waals surface area contributed by atoms with Crippen molar-refractivity contribution in [1.29, 1.82) is 0 Å². The maximum Gasteiger partial charge on any atom is 0.322 e. The molecular formula is C23H26N4O4. The third-order valence-corrected chi connectivity index (χ3v) is 5.26. The Balaban J connectivity index is 1.54. The third-order valence-electron chi connectivity index (χ3n) is 5.26. The molecular weight excluding hydrogens is 396 g/mol. The molecule has 0 bridgehead atoms. The van der Waals surface area contributed by atoms with Crippen LogP contribution in [0.3, 0.4) is 0 Å². The fourth-order valence-electron chi connectivity index (χ4n) is 3.42. The highest BCUT2D eigenvalue weighted by Gasteiger charge is 2.30. The number of urea groups is 2. The van der Waals surface area contributed by atoms with E-state index < -0.39 is 0 Å². The molecule has 162 valence electrons. The number of carbonyl (C=O) groups excluding carboxylic acids is 4. The first-order valence-electron chi connectivity index (χ1n) is 10.1. The van der Waals surface area contributed by atoms with Crippen molar-refractivity contribution in [1.82, 2.24) is 9.80 Å². The van der Waals surface area contributed by atoms with Crippen LogP contribution < -0.4 is 10.6 Å². The van der Waals surface area contributed by atoms with Gasteiger partial charge in [-0.3, -0.25) is 9.59 Å². The minimum Gasteiger partial charge on any atom is -0.321 e. The predicted molar refractivity (Wildman–Crippen MR) is 119 cm³/mol. The predicted octanol–water partition coefficient (Wildman–Crippen LogP) is 3.86. The highest BCUT2D eigenvalue weighted by molar-refractivity contribution is 5.96. The number of piperazine rings is 1. The van der Waals surface area contributed by atoms with Gasteiger partial charge in [0.25, 0.3) is 0 Å². The molecule has 0 unspecified atom stereocenters. The minimum atomic E-state index is -0.248. The standard InChI is InChI=1S/C23H26N4O4/c1-15-14-26(22(30)24-20-8-4-18(5-9-20)16(2)28)12-13-27(15)23(31)25-21-10-6-19(7-11-21)17(3)29/h4-11,15H,12-14H2,1-3H3,(H,24,30)(H,25,31)/t15-/m1/s1. The monoisotopic (exact) mass is 422 g/mol. The number of nitrogens with zero attached hydrogens (tertiary/aromatic N) is 2. The van der Waals surface area contributed by atoms with E-state index in [-0.39, 0.29) is 29.7 Å². The summed E-state index contributed by atoms with van der Waals surface area (Å²) in [6.07, 6.45) is 0. The Morgan fingerprint density at radius 2 is 1.19 bits per heavy atom. The summed E-state index contributed by atoms with van der Waals surface area (Å²) in [6.45, 7) is 6.07. The Morgan fingerprint density at radius 1 is 0.742 bits per heavy atom. The lowest BCUT2D eigenvalue weighted by molar-refractivity contribution is 0.100. The first-order valence-corrected chi connectivity index (χ1v) is 10.1. The van der Waals surface area contributed by atoms with Crippen LogP contribution in [0.1, 0.15) is 41.5 Å². The smallest absolute Gasteiger partial charge is 0.321 e. The lowest BCUT2D eigenvalue weighted by Gasteiger charge is -2.39. The summed E-state index contributed by atoms with van der Waals surface area (Å²) >= 11 is 0. The van der Waals surface area contributed by atoms with Gasteiger partial charge in [0, 0.05) is 48.2 Å². The number of amides is 4. The second-order valence-electron chi connectivity index (χ2n) is 7.62. The zero-order valence-electron chi connectivity index (χ0n) is 17.8. The highest BCUT2D eigenvalue weighted by atomic mass is 16.2. The normalized spacial score (nSPS) is 15.9. The van der Waals surface area contributed by atoms with Crippen LogP contribution in [0, 0.1) is 0 Å². The van der Waals surface area contributed by atoms with Crippen LogP contribution in [0.25, 0.3) is 0 Å². The first kappa shape index (κ1) is 22.0. The van der Waals surface area contributed by atoms with Crippen LogP contribution >= 0.6 is 0 Å². The summed E-state index contributed by atoms with van der Waals surface area (Å²) < 4.78 is 0. The molecule has 2 N–H and O–H groups in total. The molecule has 0 aromatic heterocycles. The van der Waals surface area contributed by atoms with Gasteiger partial charge in [-0.25, -0.2) is 9.59 Å². The Labute approximate surface area is 181 Å². The van der Waals surface area contributed by atoms with Gasteiger partial charge in [0.15, 0.2) is 11.6 Å². The minimum absolute atomic E-state index is 0.0316. The number of Topliss-reactive ketones (excluding diaryl/α,β-unsaturated/α-hetero) is 2. The molecule has 2 aromatic rings. The van der Waals surface area contributed by atoms with Gasteiger partial charge >= 0.3 is 12.1 Å². The summed E-state index contributed by atoms with van der Waals surface area (Å²) in [6, 6.07) is 12.8. The van der Waals surface area contributed by atoms with Crippen molar-refractivity contribution < 1.29 is 19.2 Å². The van der Waals surface area contributed by atoms with Gasteiger partial charge in [-0.15, -0.1) is 0 Å². The zero-order chi connectivity index (χ0) is 22.5. The molecule has 8 heteroatoms. The number of hydrogen-bond acceptors (Lipinski definition) is 4. The molecule has 2 aromatic carbocycles. The van der Waals surface area contributed by atoms with Crippen molar-refractivity contribution in [2.75, 3.05) is 30.3 Å². The van der Waals surface area contributed by atoms with Crippen LogP contribution in [0.15, 0.2) is 48.5 Å². The Bertz CT molecular complexity index is 986. The summed E-state index contributed by atoms with van der Waals surface area (Å²) in [5.41, 5.74) is 2.39. The molecule has 1 heterocycles. The molecule has 0 aliphatic carbocycles. The fraction of sp³-hybridized carbons (Fsp3) is 0.304. The number of benzene rings is 2. The topological polar surface area (TPSA) is 98.8 Å². The van der Waals surface area contributed by atoms with Crippen LogP contribution in [0.5, 0.6) is 0 Å². The van der Waals surface area contributed by atoms with Gasteiger partial charge in [0.05, 0.1) is 0 Å². The van der Waals surface area contributed by atoms with Gasteiger partial charge < -0.3 is 20.4 Å². The fourth-order valence-corrected chi connectivity index (χ4v) is 3.42. The average Bonchev–Trinajstić information content (AvgIpc) is 2.74. The number of carbonyl (C=O) groups is 4. The first-order chi connectivity index (χ1) is 14.7. The third kappa shape index (κ3) is 5.48. The molecule has 0 saturated carbocycles. The molecule has 1 atom stereocenters. The number of ketones is 2. The molecule has 3 rings (SSSR count). The largest absolute Gasteiger partial charge is 0.322 e. The maximum atomic E-state index is 12.7. The number of anilines is 2. The van der Waals surface area contributed by atoms with E-state index in [4.69, 9.17) is 0 Å². The maximum absolute atomic E-state index is 12.7. The highest BCUT2D eigenvalue weighted by Crippen LogP contribution is 2.16. The lowest BCUT2D eigenvalue weighted by atomic mass is 10.1. The van der Waals surface area contributed by atoms with Gasteiger partial charge in [0.1, 0.15) is 0 Å². The van der Waals surface area contributed by atoms with E-state index in [1.807, 2.05) is 6.92 Å². The molecule has 1 aliphatic heterocycles. The molecule has 4 amide bonds. The number of rotatable bonds is 4. The zero-order valence-corrected chi connectivity index (χ0v) is 17.8. The lowest BCUT2D eigenvalue weighted by Crippen LogP contribution is -2.57. The Hall–Kier alpha value is -3.68.